The maximum atomic E-state index is 11.8. The first-order valence-corrected chi connectivity index (χ1v) is 6.70. The molecule has 0 saturated carbocycles. The number of tetrazole rings is 1. The van der Waals surface area contributed by atoms with E-state index < -0.39 is 5.97 Å². The first-order valence-electron chi connectivity index (χ1n) is 5.88. The van der Waals surface area contributed by atoms with Crippen molar-refractivity contribution in [2.45, 2.75) is 20.4 Å². The quantitative estimate of drug-likeness (QED) is 0.821. The van der Waals surface area contributed by atoms with Crippen molar-refractivity contribution in [3.8, 4) is 0 Å². The number of aromatic nitrogens is 4. The maximum Gasteiger partial charge on any atom is 0.341 e. The molecule has 8 nitrogen and oxygen atoms in total. The lowest BCUT2D eigenvalue weighted by Crippen LogP contribution is -2.20. The van der Waals surface area contributed by atoms with Crippen molar-refractivity contribution in [2.24, 2.45) is 0 Å². The zero-order valence-corrected chi connectivity index (χ0v) is 11.8. The summed E-state index contributed by atoms with van der Waals surface area (Å²) in [5.41, 5.74) is 0.361. The van der Waals surface area contributed by atoms with Gasteiger partial charge in [-0.05, 0) is 30.3 Å². The molecule has 1 amide bonds. The number of esters is 1. The lowest BCUT2D eigenvalue weighted by Gasteiger charge is -2.05. The Bertz CT molecular complexity index is 608. The van der Waals surface area contributed by atoms with Crippen LogP contribution in [0.15, 0.2) is 12.4 Å². The Morgan fingerprint density at radius 3 is 2.95 bits per heavy atom. The SMILES string of the molecule is CCOC(=O)c1cc(C)sc1NC(=O)Cn1cnnn1. The van der Waals surface area contributed by atoms with Gasteiger partial charge in [-0.3, -0.25) is 4.79 Å². The lowest BCUT2D eigenvalue weighted by atomic mass is 10.3. The monoisotopic (exact) mass is 295 g/mol. The number of amides is 1. The third kappa shape index (κ3) is 3.38. The molecule has 0 saturated heterocycles. The third-order valence-electron chi connectivity index (χ3n) is 2.30. The van der Waals surface area contributed by atoms with Crippen molar-refractivity contribution < 1.29 is 14.3 Å². The van der Waals surface area contributed by atoms with Gasteiger partial charge in [0.1, 0.15) is 17.9 Å². The molecule has 0 spiro atoms. The molecule has 2 aromatic rings. The van der Waals surface area contributed by atoms with E-state index >= 15 is 0 Å². The Hall–Kier alpha value is -2.29. The van der Waals surface area contributed by atoms with Crippen LogP contribution >= 0.6 is 11.3 Å². The van der Waals surface area contributed by atoms with Crippen LogP contribution in [0.4, 0.5) is 5.00 Å². The van der Waals surface area contributed by atoms with Crippen LogP contribution < -0.4 is 5.32 Å². The van der Waals surface area contributed by atoms with E-state index in [1.807, 2.05) is 6.92 Å². The molecule has 0 aliphatic carbocycles. The summed E-state index contributed by atoms with van der Waals surface area (Å²) in [6, 6.07) is 1.69. The number of ether oxygens (including phenoxy) is 1. The Morgan fingerprint density at radius 2 is 2.30 bits per heavy atom. The van der Waals surface area contributed by atoms with Gasteiger partial charge in [0.05, 0.1) is 12.2 Å². The zero-order valence-electron chi connectivity index (χ0n) is 11.0. The number of carbonyl (C=O) groups excluding carboxylic acids is 2. The van der Waals surface area contributed by atoms with Crippen molar-refractivity contribution >= 4 is 28.2 Å². The van der Waals surface area contributed by atoms with Crippen LogP contribution in [0.3, 0.4) is 0 Å². The standard InChI is InChI=1S/C11H13N5O3S/c1-3-19-11(18)8-4-7(2)20-10(8)13-9(17)5-16-6-12-14-15-16/h4,6H,3,5H2,1-2H3,(H,13,17). The van der Waals surface area contributed by atoms with Crippen LogP contribution in [0.2, 0.25) is 0 Å². The van der Waals surface area contributed by atoms with Gasteiger partial charge in [-0.1, -0.05) is 0 Å². The Labute approximate surface area is 118 Å². The lowest BCUT2D eigenvalue weighted by molar-refractivity contribution is -0.116. The summed E-state index contributed by atoms with van der Waals surface area (Å²) < 4.78 is 6.24. The topological polar surface area (TPSA) is 99.0 Å². The predicted molar refractivity (Wildman–Crippen MR) is 71.5 cm³/mol. The molecule has 0 bridgehead atoms. The minimum atomic E-state index is -0.449. The second-order valence-electron chi connectivity index (χ2n) is 3.88. The molecule has 0 aliphatic heterocycles. The molecular formula is C11H13N5O3S. The van der Waals surface area contributed by atoms with Gasteiger partial charge in [-0.25, -0.2) is 9.48 Å². The van der Waals surface area contributed by atoms with E-state index in [0.717, 1.165) is 4.88 Å². The number of anilines is 1. The normalized spacial score (nSPS) is 10.3. The highest BCUT2D eigenvalue weighted by atomic mass is 32.1. The summed E-state index contributed by atoms with van der Waals surface area (Å²) in [5.74, 6) is -0.765. The second kappa shape index (κ2) is 6.24. The molecule has 2 rings (SSSR count). The highest BCUT2D eigenvalue weighted by Crippen LogP contribution is 2.28. The number of aryl methyl sites for hydroxylation is 1. The van der Waals surface area contributed by atoms with E-state index in [4.69, 9.17) is 4.74 Å². The maximum absolute atomic E-state index is 11.8. The number of carbonyl (C=O) groups is 2. The molecule has 0 aliphatic rings. The van der Waals surface area contributed by atoms with Crippen molar-refractivity contribution in [3.63, 3.8) is 0 Å². The number of nitrogens with zero attached hydrogens (tertiary/aromatic N) is 4. The van der Waals surface area contributed by atoms with Crippen molar-refractivity contribution in [3.05, 3.63) is 22.8 Å². The van der Waals surface area contributed by atoms with Crippen LogP contribution in [0.1, 0.15) is 22.2 Å². The highest BCUT2D eigenvalue weighted by molar-refractivity contribution is 7.16. The Kier molecular flexibility index (Phi) is 4.41. The molecule has 1 N–H and O–H groups in total. The number of thiophene rings is 1. The minimum Gasteiger partial charge on any atom is -0.462 e. The van der Waals surface area contributed by atoms with Crippen molar-refractivity contribution in [1.29, 1.82) is 0 Å². The van der Waals surface area contributed by atoms with E-state index in [0.29, 0.717) is 10.6 Å². The second-order valence-corrected chi connectivity index (χ2v) is 5.13. The highest BCUT2D eigenvalue weighted by Gasteiger charge is 2.18. The molecule has 0 unspecified atom stereocenters. The first kappa shape index (κ1) is 14.1. The van der Waals surface area contributed by atoms with Gasteiger partial charge in [0, 0.05) is 4.88 Å². The fourth-order valence-corrected chi connectivity index (χ4v) is 2.45. The smallest absolute Gasteiger partial charge is 0.341 e. The molecule has 2 aromatic heterocycles. The number of nitrogens with one attached hydrogen (secondary N) is 1. The molecule has 0 radical (unpaired) electrons. The molecule has 0 aromatic carbocycles. The first-order chi connectivity index (χ1) is 9.60. The summed E-state index contributed by atoms with van der Waals surface area (Å²) >= 11 is 1.32. The average molecular weight is 295 g/mol. The van der Waals surface area contributed by atoms with Gasteiger partial charge in [-0.15, -0.1) is 16.4 Å². The average Bonchev–Trinajstić information content (AvgIpc) is 2.99. The summed E-state index contributed by atoms with van der Waals surface area (Å²) in [6.07, 6.45) is 1.34. The molecule has 20 heavy (non-hydrogen) atoms. The van der Waals surface area contributed by atoms with Gasteiger partial charge >= 0.3 is 5.97 Å². The minimum absolute atomic E-state index is 0.0216. The van der Waals surface area contributed by atoms with Crippen LogP contribution in [0, 0.1) is 6.92 Å². The van der Waals surface area contributed by atoms with Crippen LogP contribution in [0.5, 0.6) is 0 Å². The predicted octanol–water partition coefficient (Wildman–Crippen LogP) is 0.858. The van der Waals surface area contributed by atoms with Crippen LogP contribution in [-0.4, -0.2) is 38.7 Å². The largest absolute Gasteiger partial charge is 0.462 e. The number of hydrogen-bond donors (Lipinski definition) is 1. The number of hydrogen-bond acceptors (Lipinski definition) is 7. The molecule has 0 fully saturated rings. The van der Waals surface area contributed by atoms with Gasteiger partial charge in [-0.2, -0.15) is 0 Å². The van der Waals surface area contributed by atoms with Gasteiger partial charge in [0.25, 0.3) is 0 Å². The van der Waals surface area contributed by atoms with E-state index in [2.05, 4.69) is 20.8 Å². The fourth-order valence-electron chi connectivity index (χ4n) is 1.53. The van der Waals surface area contributed by atoms with Gasteiger partial charge < -0.3 is 10.1 Å². The van der Waals surface area contributed by atoms with E-state index in [9.17, 15) is 9.59 Å². The van der Waals surface area contributed by atoms with Crippen LogP contribution in [-0.2, 0) is 16.1 Å². The molecule has 9 heteroatoms. The van der Waals surface area contributed by atoms with E-state index in [-0.39, 0.29) is 19.1 Å². The summed E-state index contributed by atoms with van der Waals surface area (Å²) in [6.45, 7) is 3.84. The molecule has 2 heterocycles. The van der Waals surface area contributed by atoms with Gasteiger partial charge in [0.15, 0.2) is 0 Å². The van der Waals surface area contributed by atoms with Crippen LogP contribution in [0.25, 0.3) is 0 Å². The van der Waals surface area contributed by atoms with Crippen molar-refractivity contribution in [2.75, 3.05) is 11.9 Å². The third-order valence-corrected chi connectivity index (χ3v) is 3.27. The molecule has 106 valence electrons. The summed E-state index contributed by atoms with van der Waals surface area (Å²) in [5, 5.41) is 13.6. The zero-order chi connectivity index (χ0) is 14.5. The summed E-state index contributed by atoms with van der Waals surface area (Å²) in [4.78, 5) is 24.5. The molecular weight excluding hydrogens is 282 g/mol. The summed E-state index contributed by atoms with van der Waals surface area (Å²) in [7, 11) is 0. The fraction of sp³-hybridized carbons (Fsp3) is 0.364. The Balaban J connectivity index is 2.08. The number of rotatable bonds is 5. The van der Waals surface area contributed by atoms with Gasteiger partial charge in [0.2, 0.25) is 5.91 Å². The molecule has 0 atom stereocenters. The van der Waals surface area contributed by atoms with E-state index in [1.54, 1.807) is 13.0 Å². The van der Waals surface area contributed by atoms with Crippen molar-refractivity contribution in [1.82, 2.24) is 20.2 Å². The Morgan fingerprint density at radius 1 is 1.50 bits per heavy atom. The van der Waals surface area contributed by atoms with E-state index in [1.165, 1.54) is 22.3 Å².